The van der Waals surface area contributed by atoms with Crippen molar-refractivity contribution in [1.82, 2.24) is 10.2 Å². The second-order valence-corrected chi connectivity index (χ2v) is 10.1. The maximum atomic E-state index is 14.2. The molecule has 1 unspecified atom stereocenters. The molecule has 37 heavy (non-hydrogen) atoms. The van der Waals surface area contributed by atoms with Crippen LogP contribution in [-0.2, 0) is 16.0 Å². The zero-order chi connectivity index (χ0) is 26.2. The topological polar surface area (TPSA) is 52.7 Å². The fourth-order valence-corrected chi connectivity index (χ4v) is 5.50. The lowest BCUT2D eigenvalue weighted by molar-refractivity contribution is -0.136. The minimum atomic E-state index is -0.691. The molecule has 0 saturated heterocycles. The molecule has 5 heteroatoms. The van der Waals surface area contributed by atoms with E-state index in [2.05, 4.69) is 24.0 Å². The van der Waals surface area contributed by atoms with Gasteiger partial charge in [0.25, 0.3) is 5.91 Å². The van der Waals surface area contributed by atoms with Crippen LogP contribution >= 0.6 is 0 Å². The van der Waals surface area contributed by atoms with Crippen LogP contribution in [-0.4, -0.2) is 35.8 Å². The van der Waals surface area contributed by atoms with E-state index in [1.165, 1.54) is 12.0 Å². The quantitative estimate of drug-likeness (QED) is 0.319. The molecule has 0 bridgehead atoms. The Morgan fingerprint density at radius 1 is 1.08 bits per heavy atom. The maximum Gasteiger partial charge on any atom is 0.255 e. The Morgan fingerprint density at radius 3 is 2.49 bits per heavy atom. The molecule has 1 aliphatic heterocycles. The maximum absolute atomic E-state index is 14.2. The van der Waals surface area contributed by atoms with Crippen LogP contribution in [0.3, 0.4) is 0 Å². The highest BCUT2D eigenvalue weighted by Crippen LogP contribution is 2.44. The van der Waals surface area contributed by atoms with Crippen molar-refractivity contribution >= 4 is 17.5 Å². The van der Waals surface area contributed by atoms with Crippen molar-refractivity contribution < 1.29 is 9.59 Å². The fraction of sp³-hybridized carbons (Fsp3) is 0.375. The molecule has 1 atom stereocenters. The number of anilines is 1. The number of benzene rings is 2. The summed E-state index contributed by atoms with van der Waals surface area (Å²) < 4.78 is 0. The summed E-state index contributed by atoms with van der Waals surface area (Å²) >= 11 is 0. The molecular formula is C32H39N3O2. The highest BCUT2D eigenvalue weighted by molar-refractivity contribution is 6.07. The van der Waals surface area contributed by atoms with Crippen molar-refractivity contribution in [1.29, 1.82) is 0 Å². The number of para-hydroxylation sites is 1. The van der Waals surface area contributed by atoms with E-state index in [1.54, 1.807) is 4.90 Å². The first kappa shape index (κ1) is 26.6. The van der Waals surface area contributed by atoms with Crippen LogP contribution in [0.1, 0.15) is 63.1 Å². The van der Waals surface area contributed by atoms with Gasteiger partial charge in [-0.2, -0.15) is 0 Å². The minimum absolute atomic E-state index is 0.0112. The molecular weight excluding hydrogens is 458 g/mol. The smallest absolute Gasteiger partial charge is 0.255 e. The first-order chi connectivity index (χ1) is 18.0. The number of hydrogen-bond donors (Lipinski definition) is 1. The van der Waals surface area contributed by atoms with Gasteiger partial charge in [0.2, 0.25) is 5.91 Å². The molecule has 1 fully saturated rings. The van der Waals surface area contributed by atoms with Gasteiger partial charge in [-0.25, -0.2) is 0 Å². The molecule has 1 heterocycles. The predicted molar refractivity (Wildman–Crippen MR) is 151 cm³/mol. The van der Waals surface area contributed by atoms with Crippen molar-refractivity contribution in [3.05, 3.63) is 102 Å². The Labute approximate surface area is 221 Å². The summed E-state index contributed by atoms with van der Waals surface area (Å²) in [5.41, 5.74) is 4.57. The van der Waals surface area contributed by atoms with Crippen molar-refractivity contribution in [2.75, 3.05) is 18.0 Å². The number of hydrogen-bond acceptors (Lipinski definition) is 3. The number of carbonyl (C=O) groups excluding carboxylic acids is 2. The van der Waals surface area contributed by atoms with E-state index in [0.29, 0.717) is 12.2 Å². The molecule has 0 radical (unpaired) electrons. The normalized spacial score (nSPS) is 18.3. The third kappa shape index (κ3) is 6.28. The first-order valence-electron chi connectivity index (χ1n) is 13.5. The van der Waals surface area contributed by atoms with Crippen molar-refractivity contribution in [2.24, 2.45) is 0 Å². The van der Waals surface area contributed by atoms with Crippen molar-refractivity contribution in [3.8, 4) is 0 Å². The van der Waals surface area contributed by atoms with Crippen LogP contribution in [0.15, 0.2) is 90.7 Å². The van der Waals surface area contributed by atoms with Gasteiger partial charge in [0.1, 0.15) is 6.04 Å². The zero-order valence-electron chi connectivity index (χ0n) is 22.2. The van der Waals surface area contributed by atoms with Gasteiger partial charge in [0.05, 0.1) is 6.54 Å². The summed E-state index contributed by atoms with van der Waals surface area (Å²) in [4.78, 5) is 31.7. The highest BCUT2D eigenvalue weighted by atomic mass is 16.2. The van der Waals surface area contributed by atoms with Gasteiger partial charge >= 0.3 is 0 Å². The monoisotopic (exact) mass is 497 g/mol. The summed E-state index contributed by atoms with van der Waals surface area (Å²) in [6, 6.07) is 17.7. The zero-order valence-corrected chi connectivity index (χ0v) is 22.2. The highest BCUT2D eigenvalue weighted by Gasteiger charge is 2.45. The molecule has 0 aromatic heterocycles. The van der Waals surface area contributed by atoms with Gasteiger partial charge in [0, 0.05) is 23.0 Å². The van der Waals surface area contributed by atoms with E-state index < -0.39 is 6.04 Å². The largest absolute Gasteiger partial charge is 0.308 e. The van der Waals surface area contributed by atoms with Crippen LogP contribution in [0.4, 0.5) is 5.69 Å². The number of fused-ring (bicyclic) bond motifs is 1. The Kier molecular flexibility index (Phi) is 9.13. The van der Waals surface area contributed by atoms with E-state index >= 15 is 0 Å². The summed E-state index contributed by atoms with van der Waals surface area (Å²) in [5, 5.41) is 3.31. The van der Waals surface area contributed by atoms with Gasteiger partial charge in [0.15, 0.2) is 0 Å². The van der Waals surface area contributed by atoms with Crippen molar-refractivity contribution in [3.63, 3.8) is 0 Å². The van der Waals surface area contributed by atoms with Crippen LogP contribution in [0.25, 0.3) is 0 Å². The molecule has 1 N–H and O–H groups in total. The molecule has 1 saturated carbocycles. The third-order valence-electron chi connectivity index (χ3n) is 7.15. The van der Waals surface area contributed by atoms with Crippen LogP contribution < -0.4 is 10.2 Å². The molecule has 5 nitrogen and oxygen atoms in total. The Balaban J connectivity index is 1.63. The molecule has 4 rings (SSSR count). The molecule has 2 amide bonds. The number of amides is 2. The van der Waals surface area contributed by atoms with Crippen molar-refractivity contribution in [2.45, 2.75) is 64.5 Å². The lowest BCUT2D eigenvalue weighted by Gasteiger charge is -2.34. The van der Waals surface area contributed by atoms with Gasteiger partial charge in [-0.05, 0) is 63.4 Å². The van der Waals surface area contributed by atoms with Gasteiger partial charge in [-0.1, -0.05) is 86.0 Å². The lowest BCUT2D eigenvalue weighted by atomic mass is 9.94. The minimum Gasteiger partial charge on any atom is -0.308 e. The van der Waals surface area contributed by atoms with E-state index in [-0.39, 0.29) is 24.4 Å². The fourth-order valence-electron chi connectivity index (χ4n) is 5.50. The average molecular weight is 498 g/mol. The van der Waals surface area contributed by atoms with E-state index in [1.807, 2.05) is 79.4 Å². The van der Waals surface area contributed by atoms with Gasteiger partial charge < -0.3 is 10.2 Å². The average Bonchev–Trinajstić information content (AvgIpc) is 3.19. The molecule has 0 spiro atoms. The van der Waals surface area contributed by atoms with Crippen LogP contribution in [0, 0.1) is 0 Å². The number of allylic oxidation sites excluding steroid dienone is 4. The second-order valence-electron chi connectivity index (χ2n) is 10.1. The van der Waals surface area contributed by atoms with Gasteiger partial charge in [-0.15, -0.1) is 0 Å². The predicted octanol–water partition coefficient (Wildman–Crippen LogP) is 6.10. The molecule has 194 valence electrons. The number of nitrogens with zero attached hydrogens (tertiary/aromatic N) is 2. The lowest BCUT2D eigenvalue weighted by Crippen LogP contribution is -2.46. The number of rotatable bonds is 10. The first-order valence-corrected chi connectivity index (χ1v) is 13.5. The standard InChI is InChI=1S/C32H39N3O2/c1-4-13-27(22-24(2)3)35(30(36)23-33-21-20-25-14-7-5-8-15-25)31-28-18-11-12-19-29(28)34(32(31)37)26-16-9-6-10-17-26/h4-5,7-8,11-15,18-19,22,26,31,33H,2,6,9-10,16-17,20-21,23H2,1,3H3/b13-4-,27-22+. The molecule has 1 aliphatic carbocycles. The Morgan fingerprint density at radius 2 is 1.78 bits per heavy atom. The Hall–Kier alpha value is -3.44. The summed E-state index contributed by atoms with van der Waals surface area (Å²) in [6.45, 7) is 8.70. The second kappa shape index (κ2) is 12.7. The number of carbonyl (C=O) groups is 2. The summed E-state index contributed by atoms with van der Waals surface area (Å²) in [5.74, 6) is -0.139. The van der Waals surface area contributed by atoms with Gasteiger partial charge in [-0.3, -0.25) is 14.5 Å². The summed E-state index contributed by atoms with van der Waals surface area (Å²) in [7, 11) is 0. The van der Waals surface area contributed by atoms with Crippen LogP contribution in [0.2, 0.25) is 0 Å². The molecule has 2 aromatic rings. The molecule has 2 aromatic carbocycles. The van der Waals surface area contributed by atoms with E-state index in [4.69, 9.17) is 0 Å². The third-order valence-corrected chi connectivity index (χ3v) is 7.15. The van der Waals surface area contributed by atoms with E-state index in [0.717, 1.165) is 48.9 Å². The Bertz CT molecular complexity index is 1160. The van der Waals surface area contributed by atoms with Crippen LogP contribution in [0.5, 0.6) is 0 Å². The van der Waals surface area contributed by atoms with E-state index in [9.17, 15) is 9.59 Å². The summed E-state index contributed by atoms with van der Waals surface area (Å²) in [6.07, 6.45) is 12.0. The number of nitrogens with one attached hydrogen (secondary N) is 1. The molecule has 2 aliphatic rings. The SMILES string of the molecule is C=C(C)/C=C(\C=C/C)N(C(=O)CNCCc1ccccc1)C1C(=O)N(C2CCCCC2)c2ccccc21.